The van der Waals surface area contributed by atoms with Crippen molar-refractivity contribution >= 4 is 44.9 Å². The van der Waals surface area contributed by atoms with E-state index in [9.17, 15) is 14.9 Å². The molecule has 214 valence electrons. The first-order chi connectivity index (χ1) is 19.5. The Morgan fingerprint density at radius 1 is 1.15 bits per heavy atom. The first-order valence-corrected chi connectivity index (χ1v) is 15.1. The van der Waals surface area contributed by atoms with Crippen molar-refractivity contribution in [1.82, 2.24) is 15.2 Å². The number of nitrogens with two attached hydrogens (primary N) is 1. The number of nitrogen functional groups attached to an aromatic ring is 1. The van der Waals surface area contributed by atoms with Crippen LogP contribution in [-0.2, 0) is 17.6 Å². The fourth-order valence-corrected chi connectivity index (χ4v) is 7.53. The van der Waals surface area contributed by atoms with E-state index in [4.69, 9.17) is 10.5 Å². The molecule has 4 heterocycles. The van der Waals surface area contributed by atoms with Crippen molar-refractivity contribution in [1.29, 1.82) is 5.26 Å². The smallest absolute Gasteiger partial charge is 0.410 e. The number of fused-ring (bicyclic) bond motifs is 4. The summed E-state index contributed by atoms with van der Waals surface area (Å²) in [5, 5.41) is 14.1. The second-order valence-electron chi connectivity index (χ2n) is 12.5. The van der Waals surface area contributed by atoms with Gasteiger partial charge in [0.2, 0.25) is 0 Å². The Hall–Kier alpha value is -3.84. The molecule has 3 atom stereocenters. The Morgan fingerprint density at radius 2 is 1.88 bits per heavy atom. The molecule has 2 bridgehead atoms. The fourth-order valence-electron chi connectivity index (χ4n) is 6.49. The molecular formula is C31H36N6O3S. The third-order valence-electron chi connectivity index (χ3n) is 8.37. The van der Waals surface area contributed by atoms with Gasteiger partial charge in [-0.2, -0.15) is 5.26 Å². The van der Waals surface area contributed by atoms with Crippen LogP contribution in [0.25, 0.3) is 10.2 Å². The van der Waals surface area contributed by atoms with E-state index in [0.717, 1.165) is 52.8 Å². The lowest BCUT2D eigenvalue weighted by Gasteiger charge is -2.42. The second kappa shape index (κ2) is 10.2. The van der Waals surface area contributed by atoms with Gasteiger partial charge in [0.25, 0.3) is 5.91 Å². The van der Waals surface area contributed by atoms with E-state index in [1.165, 1.54) is 16.9 Å². The van der Waals surface area contributed by atoms with Gasteiger partial charge >= 0.3 is 6.09 Å². The number of thiophene rings is 1. The minimum absolute atomic E-state index is 0.0417. The molecule has 2 amide bonds. The van der Waals surface area contributed by atoms with Gasteiger partial charge in [-0.1, -0.05) is 0 Å². The van der Waals surface area contributed by atoms with E-state index >= 15 is 0 Å². The summed E-state index contributed by atoms with van der Waals surface area (Å²) in [6.07, 6.45) is 3.92. The van der Waals surface area contributed by atoms with Crippen LogP contribution in [0.5, 0.6) is 0 Å². The van der Waals surface area contributed by atoms with Gasteiger partial charge in [-0.15, -0.1) is 11.3 Å². The van der Waals surface area contributed by atoms with Gasteiger partial charge < -0.3 is 20.7 Å². The summed E-state index contributed by atoms with van der Waals surface area (Å²) in [6, 6.07) is 10.5. The van der Waals surface area contributed by atoms with Gasteiger partial charge in [0, 0.05) is 30.2 Å². The summed E-state index contributed by atoms with van der Waals surface area (Å²) in [4.78, 5) is 36.1. The van der Waals surface area contributed by atoms with Crippen molar-refractivity contribution in [2.75, 3.05) is 23.7 Å². The maximum Gasteiger partial charge on any atom is 0.410 e. The predicted octanol–water partition coefficient (Wildman–Crippen LogP) is 4.93. The van der Waals surface area contributed by atoms with Crippen molar-refractivity contribution in [3.05, 3.63) is 51.5 Å². The van der Waals surface area contributed by atoms with Crippen LogP contribution in [0.2, 0.25) is 0 Å². The van der Waals surface area contributed by atoms with E-state index < -0.39 is 5.60 Å². The standard InChI is InChI=1S/C31H36N6O3S/c1-17-5-10-24-26(33)27(41-29(24)34-17)28(38)35-21-7-6-18-13-25(20(14-32)11-19(18)12-21)36-15-22-8-9-23(16-36)37(22)30(39)40-31(2,3)4/h5,10-11,13,21-23H,6-9,12,15-16,33H2,1-4H3,(H,35,38). The third kappa shape index (κ3) is 5.19. The number of aryl methyl sites for hydroxylation is 2. The molecular weight excluding hydrogens is 536 g/mol. The van der Waals surface area contributed by atoms with Gasteiger partial charge in [0.1, 0.15) is 21.4 Å². The lowest BCUT2D eigenvalue weighted by Crippen LogP contribution is -2.57. The average Bonchev–Trinajstić information content (AvgIpc) is 3.38. The number of nitriles is 1. The van der Waals surface area contributed by atoms with Gasteiger partial charge in [-0.3, -0.25) is 9.69 Å². The van der Waals surface area contributed by atoms with Gasteiger partial charge in [-0.05, 0) is 95.2 Å². The monoisotopic (exact) mass is 572 g/mol. The number of pyridine rings is 1. The molecule has 0 saturated carbocycles. The molecule has 1 aliphatic carbocycles. The molecule has 10 heteroatoms. The molecule has 3 unspecified atom stereocenters. The van der Waals surface area contributed by atoms with Gasteiger partial charge in [0.15, 0.2) is 0 Å². The Labute approximate surface area is 244 Å². The quantitative estimate of drug-likeness (QED) is 0.456. The Morgan fingerprint density at radius 3 is 2.56 bits per heavy atom. The number of amides is 2. The lowest BCUT2D eigenvalue weighted by molar-refractivity contribution is 0.0123. The number of benzene rings is 1. The van der Waals surface area contributed by atoms with Gasteiger partial charge in [-0.25, -0.2) is 9.78 Å². The van der Waals surface area contributed by atoms with Crippen LogP contribution >= 0.6 is 11.3 Å². The number of carbonyl (C=O) groups excluding carboxylic acids is 2. The average molecular weight is 573 g/mol. The highest BCUT2D eigenvalue weighted by atomic mass is 32.1. The summed E-state index contributed by atoms with van der Waals surface area (Å²) in [5.74, 6) is -0.174. The predicted molar refractivity (Wildman–Crippen MR) is 160 cm³/mol. The van der Waals surface area contributed by atoms with Crippen molar-refractivity contribution in [2.24, 2.45) is 0 Å². The van der Waals surface area contributed by atoms with Crippen LogP contribution < -0.4 is 16.0 Å². The number of hydrogen-bond acceptors (Lipinski definition) is 8. The molecule has 3 aromatic rings. The van der Waals surface area contributed by atoms with E-state index in [1.54, 1.807) is 0 Å². The zero-order valence-electron chi connectivity index (χ0n) is 24.0. The second-order valence-corrected chi connectivity index (χ2v) is 13.5. The molecule has 2 aromatic heterocycles. The van der Waals surface area contributed by atoms with Gasteiger partial charge in [0.05, 0.1) is 29.0 Å². The zero-order valence-corrected chi connectivity index (χ0v) is 24.8. The fraction of sp³-hybridized carbons (Fsp3) is 0.484. The van der Waals surface area contributed by atoms with Crippen molar-refractivity contribution in [2.45, 2.75) is 83.5 Å². The first kappa shape index (κ1) is 27.3. The molecule has 9 nitrogen and oxygen atoms in total. The molecule has 3 N–H and O–H groups in total. The number of rotatable bonds is 3. The summed E-state index contributed by atoms with van der Waals surface area (Å²) >= 11 is 1.32. The Bertz CT molecular complexity index is 1570. The topological polar surface area (TPSA) is 125 Å². The zero-order chi connectivity index (χ0) is 29.1. The van der Waals surface area contributed by atoms with Crippen LogP contribution in [0, 0.1) is 18.3 Å². The molecule has 3 aliphatic rings. The summed E-state index contributed by atoms with van der Waals surface area (Å²) in [5.41, 5.74) is 11.0. The minimum atomic E-state index is -0.529. The third-order valence-corrected chi connectivity index (χ3v) is 9.48. The summed E-state index contributed by atoms with van der Waals surface area (Å²) in [6.45, 7) is 8.97. The summed E-state index contributed by atoms with van der Waals surface area (Å²) in [7, 11) is 0. The number of anilines is 2. The molecule has 0 radical (unpaired) electrons. The van der Waals surface area contributed by atoms with E-state index in [2.05, 4.69) is 27.3 Å². The number of nitrogens with zero attached hydrogens (tertiary/aromatic N) is 4. The number of piperazine rings is 1. The number of hydrogen-bond donors (Lipinski definition) is 2. The highest BCUT2D eigenvalue weighted by molar-refractivity contribution is 7.21. The number of ether oxygens (including phenoxy) is 1. The maximum absolute atomic E-state index is 13.2. The van der Waals surface area contributed by atoms with Crippen molar-refractivity contribution in [3.8, 4) is 6.07 Å². The maximum atomic E-state index is 13.2. The molecule has 6 rings (SSSR count). The highest BCUT2D eigenvalue weighted by Crippen LogP contribution is 2.37. The molecule has 2 saturated heterocycles. The van der Waals surface area contributed by atoms with Crippen LogP contribution in [0.3, 0.4) is 0 Å². The van der Waals surface area contributed by atoms with Crippen LogP contribution in [0.4, 0.5) is 16.2 Å². The SMILES string of the molecule is Cc1ccc2c(N)c(C(=O)NC3CCc4cc(N5CC6CCC(C5)N6C(=O)OC(C)(C)C)c(C#N)cc4C3)sc2n1. The number of nitrogens with one attached hydrogen (secondary N) is 1. The highest BCUT2D eigenvalue weighted by Gasteiger charge is 2.44. The summed E-state index contributed by atoms with van der Waals surface area (Å²) < 4.78 is 5.69. The normalized spacial score (nSPS) is 21.9. The lowest BCUT2D eigenvalue weighted by atomic mass is 9.86. The molecule has 2 aliphatic heterocycles. The molecule has 41 heavy (non-hydrogen) atoms. The molecule has 1 aromatic carbocycles. The molecule has 2 fully saturated rings. The van der Waals surface area contributed by atoms with Crippen LogP contribution in [0.15, 0.2) is 24.3 Å². The minimum Gasteiger partial charge on any atom is -0.444 e. The van der Waals surface area contributed by atoms with Crippen molar-refractivity contribution in [3.63, 3.8) is 0 Å². The Kier molecular flexibility index (Phi) is 6.81. The number of aromatic nitrogens is 1. The number of carbonyl (C=O) groups is 2. The molecule has 0 spiro atoms. The van der Waals surface area contributed by atoms with Crippen LogP contribution in [-0.4, -0.2) is 58.7 Å². The van der Waals surface area contributed by atoms with E-state index in [-0.39, 0.29) is 30.1 Å². The largest absolute Gasteiger partial charge is 0.444 e. The van der Waals surface area contributed by atoms with Crippen LogP contribution in [0.1, 0.15) is 72.1 Å². The Balaban J connectivity index is 1.17. The van der Waals surface area contributed by atoms with Crippen molar-refractivity contribution < 1.29 is 14.3 Å². The van der Waals surface area contributed by atoms with E-state index in [0.29, 0.717) is 35.6 Å². The van der Waals surface area contributed by atoms with E-state index in [1.807, 2.05) is 50.8 Å². The first-order valence-electron chi connectivity index (χ1n) is 14.3.